The van der Waals surface area contributed by atoms with E-state index in [4.69, 9.17) is 27.9 Å². The Labute approximate surface area is 129 Å². The third-order valence-electron chi connectivity index (χ3n) is 3.55. The zero-order valence-corrected chi connectivity index (χ0v) is 13.1. The van der Waals surface area contributed by atoms with Gasteiger partial charge in [0.2, 0.25) is 0 Å². The smallest absolute Gasteiger partial charge is 0.134 e. The van der Waals surface area contributed by atoms with Gasteiger partial charge in [0.05, 0.1) is 12.6 Å². The number of pyridine rings is 1. The zero-order chi connectivity index (χ0) is 14.6. The molecule has 0 aliphatic heterocycles. The molecule has 108 valence electrons. The molecule has 2 aromatic rings. The van der Waals surface area contributed by atoms with Gasteiger partial charge in [-0.05, 0) is 30.0 Å². The van der Waals surface area contributed by atoms with Crippen LogP contribution in [0.4, 0.5) is 5.82 Å². The third kappa shape index (κ3) is 2.94. The number of alkyl halides is 2. The minimum Gasteiger partial charge on any atom is -0.497 e. The van der Waals surface area contributed by atoms with E-state index in [1.807, 2.05) is 24.3 Å². The van der Waals surface area contributed by atoms with Gasteiger partial charge in [0.15, 0.2) is 0 Å². The van der Waals surface area contributed by atoms with Crippen molar-refractivity contribution >= 4 is 39.8 Å². The Kier molecular flexibility index (Phi) is 4.95. The van der Waals surface area contributed by atoms with E-state index in [1.54, 1.807) is 13.3 Å². The van der Waals surface area contributed by atoms with Crippen LogP contribution >= 0.6 is 23.2 Å². The summed E-state index contributed by atoms with van der Waals surface area (Å²) in [4.78, 5) is 4.43. The lowest BCUT2D eigenvalue weighted by molar-refractivity contribution is 0.415. The Morgan fingerprint density at radius 3 is 2.60 bits per heavy atom. The van der Waals surface area contributed by atoms with E-state index < -0.39 is 0 Å². The van der Waals surface area contributed by atoms with E-state index in [2.05, 4.69) is 17.2 Å². The number of fused-ring (bicyclic) bond motifs is 1. The highest BCUT2D eigenvalue weighted by Crippen LogP contribution is 2.29. The maximum atomic E-state index is 6.08. The topological polar surface area (TPSA) is 34.2 Å². The maximum absolute atomic E-state index is 6.08. The second-order valence-corrected chi connectivity index (χ2v) is 5.31. The van der Waals surface area contributed by atoms with Gasteiger partial charge >= 0.3 is 0 Å². The molecule has 1 heterocycles. The molecule has 3 nitrogen and oxygen atoms in total. The Bertz CT molecular complexity index is 577. The first kappa shape index (κ1) is 15.2. The quantitative estimate of drug-likeness (QED) is 0.808. The van der Waals surface area contributed by atoms with Crippen LogP contribution in [0, 0.1) is 0 Å². The molecule has 0 aliphatic carbocycles. The van der Waals surface area contributed by atoms with Crippen LogP contribution in [-0.4, -0.2) is 29.4 Å². The van der Waals surface area contributed by atoms with E-state index >= 15 is 0 Å². The lowest BCUT2D eigenvalue weighted by Gasteiger charge is -2.30. The summed E-state index contributed by atoms with van der Waals surface area (Å²) in [5.41, 5.74) is -0.354. The molecule has 0 fully saturated rings. The Hall–Kier alpha value is -1.19. The van der Waals surface area contributed by atoms with Gasteiger partial charge < -0.3 is 10.1 Å². The number of hydrogen-bond donors (Lipinski definition) is 1. The number of benzene rings is 1. The molecular formula is C15H18Cl2N2O. The number of hydrogen-bond acceptors (Lipinski definition) is 3. The van der Waals surface area contributed by atoms with Crippen molar-refractivity contribution in [3.05, 3.63) is 30.5 Å². The highest BCUT2D eigenvalue weighted by molar-refractivity contribution is 6.22. The number of nitrogens with one attached hydrogen (secondary N) is 1. The largest absolute Gasteiger partial charge is 0.497 e. The van der Waals surface area contributed by atoms with Crippen LogP contribution in [0.3, 0.4) is 0 Å². The fourth-order valence-corrected chi connectivity index (χ4v) is 2.80. The number of anilines is 1. The monoisotopic (exact) mass is 312 g/mol. The normalized spacial score (nSPS) is 11.6. The van der Waals surface area contributed by atoms with Crippen molar-refractivity contribution in [1.82, 2.24) is 4.98 Å². The molecule has 1 aromatic carbocycles. The minimum atomic E-state index is -0.354. The van der Waals surface area contributed by atoms with Gasteiger partial charge in [0.25, 0.3) is 0 Å². The first-order valence-corrected chi connectivity index (χ1v) is 7.58. The second-order valence-electron chi connectivity index (χ2n) is 4.77. The molecule has 0 spiro atoms. The summed E-state index contributed by atoms with van der Waals surface area (Å²) in [5, 5.41) is 5.50. The Morgan fingerprint density at radius 2 is 2.00 bits per heavy atom. The zero-order valence-electron chi connectivity index (χ0n) is 11.6. The Balaban J connectivity index is 2.48. The van der Waals surface area contributed by atoms with Crippen LogP contribution in [0.5, 0.6) is 5.75 Å². The van der Waals surface area contributed by atoms with Crippen molar-refractivity contribution in [2.24, 2.45) is 0 Å². The molecule has 0 atom stereocenters. The summed E-state index contributed by atoms with van der Waals surface area (Å²) in [6, 6.07) is 7.88. The molecule has 0 aliphatic rings. The van der Waals surface area contributed by atoms with Crippen LogP contribution in [0.1, 0.15) is 13.3 Å². The Morgan fingerprint density at radius 1 is 1.25 bits per heavy atom. The average molecular weight is 313 g/mol. The third-order valence-corrected chi connectivity index (χ3v) is 4.57. The van der Waals surface area contributed by atoms with E-state index in [0.29, 0.717) is 11.8 Å². The van der Waals surface area contributed by atoms with Gasteiger partial charge in [-0.1, -0.05) is 13.0 Å². The summed E-state index contributed by atoms with van der Waals surface area (Å²) >= 11 is 12.2. The van der Waals surface area contributed by atoms with Crippen LogP contribution in [0.15, 0.2) is 30.5 Å². The van der Waals surface area contributed by atoms with Crippen molar-refractivity contribution in [2.75, 3.05) is 24.2 Å². The SMILES string of the molecule is CCC(CCl)(CCl)Nc1nccc2ccc(OC)cc12. The highest BCUT2D eigenvalue weighted by Gasteiger charge is 2.27. The molecule has 0 amide bonds. The summed E-state index contributed by atoms with van der Waals surface area (Å²) in [7, 11) is 1.65. The standard InChI is InChI=1S/C15H18Cl2N2O/c1-3-15(9-16,10-17)19-14-13-8-12(20-2)5-4-11(13)6-7-18-14/h4-8H,3,9-10H2,1-2H3,(H,18,19). The summed E-state index contributed by atoms with van der Waals surface area (Å²) in [6.07, 6.45) is 2.60. The molecule has 0 saturated carbocycles. The number of halogens is 2. The summed E-state index contributed by atoms with van der Waals surface area (Å²) in [6.45, 7) is 2.06. The van der Waals surface area contributed by atoms with E-state index in [9.17, 15) is 0 Å². The van der Waals surface area contributed by atoms with Gasteiger partial charge in [-0.3, -0.25) is 0 Å². The number of methoxy groups -OCH3 is 1. The second kappa shape index (κ2) is 6.51. The molecule has 0 radical (unpaired) electrons. The summed E-state index contributed by atoms with van der Waals surface area (Å²) in [5.74, 6) is 2.43. The van der Waals surface area contributed by atoms with Crippen LogP contribution in [0.25, 0.3) is 10.8 Å². The molecular weight excluding hydrogens is 295 g/mol. The molecule has 1 N–H and O–H groups in total. The lowest BCUT2D eigenvalue weighted by Crippen LogP contribution is -2.42. The van der Waals surface area contributed by atoms with E-state index in [0.717, 1.165) is 28.8 Å². The molecule has 20 heavy (non-hydrogen) atoms. The predicted molar refractivity (Wildman–Crippen MR) is 86.4 cm³/mol. The molecule has 0 bridgehead atoms. The number of rotatable bonds is 6. The number of nitrogens with zero attached hydrogens (tertiary/aromatic N) is 1. The number of aromatic nitrogens is 1. The van der Waals surface area contributed by atoms with Crippen molar-refractivity contribution in [2.45, 2.75) is 18.9 Å². The first-order chi connectivity index (χ1) is 9.68. The molecule has 5 heteroatoms. The van der Waals surface area contributed by atoms with Gasteiger partial charge in [-0.25, -0.2) is 4.98 Å². The molecule has 2 rings (SSSR count). The average Bonchev–Trinajstić information content (AvgIpc) is 2.52. The van der Waals surface area contributed by atoms with Gasteiger partial charge in [0.1, 0.15) is 11.6 Å². The van der Waals surface area contributed by atoms with Gasteiger partial charge in [-0.15, -0.1) is 23.2 Å². The van der Waals surface area contributed by atoms with Gasteiger partial charge in [0, 0.05) is 23.3 Å². The maximum Gasteiger partial charge on any atom is 0.134 e. The van der Waals surface area contributed by atoms with Crippen LogP contribution < -0.4 is 10.1 Å². The van der Waals surface area contributed by atoms with Gasteiger partial charge in [-0.2, -0.15) is 0 Å². The molecule has 1 aromatic heterocycles. The fourth-order valence-electron chi connectivity index (χ4n) is 2.01. The van der Waals surface area contributed by atoms with E-state index in [1.165, 1.54) is 0 Å². The van der Waals surface area contributed by atoms with Crippen LogP contribution in [-0.2, 0) is 0 Å². The lowest BCUT2D eigenvalue weighted by atomic mass is 10.0. The van der Waals surface area contributed by atoms with Crippen molar-refractivity contribution in [3.63, 3.8) is 0 Å². The van der Waals surface area contributed by atoms with E-state index in [-0.39, 0.29) is 5.54 Å². The fraction of sp³-hybridized carbons (Fsp3) is 0.400. The van der Waals surface area contributed by atoms with Crippen molar-refractivity contribution in [3.8, 4) is 5.75 Å². The minimum absolute atomic E-state index is 0.354. The molecule has 0 saturated heterocycles. The number of ether oxygens (including phenoxy) is 1. The molecule has 0 unspecified atom stereocenters. The highest BCUT2D eigenvalue weighted by atomic mass is 35.5. The predicted octanol–water partition coefficient (Wildman–Crippen LogP) is 4.28. The van der Waals surface area contributed by atoms with Crippen molar-refractivity contribution in [1.29, 1.82) is 0 Å². The first-order valence-electron chi connectivity index (χ1n) is 6.51. The van der Waals surface area contributed by atoms with Crippen molar-refractivity contribution < 1.29 is 4.74 Å². The van der Waals surface area contributed by atoms with Crippen LogP contribution in [0.2, 0.25) is 0 Å². The summed E-state index contributed by atoms with van der Waals surface area (Å²) < 4.78 is 5.28.